The molecular weight excluding hydrogens is 327 g/mol. The zero-order valence-electron chi connectivity index (χ0n) is 11.6. The summed E-state index contributed by atoms with van der Waals surface area (Å²) in [5.74, 6) is 1.54. The Morgan fingerprint density at radius 2 is 2.10 bits per heavy atom. The van der Waals surface area contributed by atoms with Gasteiger partial charge in [-0.15, -0.1) is 10.2 Å². The average Bonchev–Trinajstić information content (AvgIpc) is 2.75. The average molecular weight is 341 g/mol. The van der Waals surface area contributed by atoms with Crippen molar-refractivity contribution < 1.29 is 9.13 Å². The van der Waals surface area contributed by atoms with Gasteiger partial charge in [-0.2, -0.15) is 0 Å². The number of aryl methyl sites for hydroxylation is 1. The largest absolute Gasteiger partial charge is 0.493 e. The van der Waals surface area contributed by atoms with E-state index in [0.717, 1.165) is 17.3 Å². The van der Waals surface area contributed by atoms with Gasteiger partial charge in [0, 0.05) is 6.07 Å². The molecular formula is C13H14BrFN4O. The molecule has 20 heavy (non-hydrogen) atoms. The third-order valence-electron chi connectivity index (χ3n) is 3.41. The SMILES string of the molecule is COc1c(Br)c(F)cc2c1-n1c(C)nnc1C(C)(C)N2. The molecule has 1 aromatic heterocycles. The van der Waals surface area contributed by atoms with Crippen LogP contribution in [0.3, 0.4) is 0 Å². The van der Waals surface area contributed by atoms with Crippen LogP contribution in [-0.4, -0.2) is 21.9 Å². The normalized spacial score (nSPS) is 15.3. The van der Waals surface area contributed by atoms with Crippen molar-refractivity contribution in [2.75, 3.05) is 12.4 Å². The fourth-order valence-corrected chi connectivity index (χ4v) is 2.99. The molecule has 1 aromatic carbocycles. The number of fused-ring (bicyclic) bond motifs is 3. The summed E-state index contributed by atoms with van der Waals surface area (Å²) in [5, 5.41) is 11.6. The van der Waals surface area contributed by atoms with Crippen LogP contribution in [0.2, 0.25) is 0 Å². The van der Waals surface area contributed by atoms with Gasteiger partial charge in [-0.25, -0.2) is 4.39 Å². The molecule has 7 heteroatoms. The van der Waals surface area contributed by atoms with Crippen molar-refractivity contribution in [1.29, 1.82) is 0 Å². The van der Waals surface area contributed by atoms with Crippen LogP contribution in [0.25, 0.3) is 5.69 Å². The van der Waals surface area contributed by atoms with Crippen molar-refractivity contribution in [3.8, 4) is 11.4 Å². The Labute approximate surface area is 124 Å². The van der Waals surface area contributed by atoms with Crippen LogP contribution in [0.15, 0.2) is 10.5 Å². The zero-order chi connectivity index (χ0) is 14.7. The summed E-state index contributed by atoms with van der Waals surface area (Å²) in [7, 11) is 1.51. The fourth-order valence-electron chi connectivity index (χ4n) is 2.52. The van der Waals surface area contributed by atoms with E-state index in [2.05, 4.69) is 31.4 Å². The summed E-state index contributed by atoms with van der Waals surface area (Å²) < 4.78 is 21.6. The monoisotopic (exact) mass is 340 g/mol. The number of methoxy groups -OCH3 is 1. The number of aromatic nitrogens is 3. The first-order valence-electron chi connectivity index (χ1n) is 6.14. The third-order valence-corrected chi connectivity index (χ3v) is 4.15. The number of hydrogen-bond donors (Lipinski definition) is 1. The summed E-state index contributed by atoms with van der Waals surface area (Å²) in [4.78, 5) is 0. The molecule has 0 saturated heterocycles. The van der Waals surface area contributed by atoms with Gasteiger partial charge < -0.3 is 10.1 Å². The topological polar surface area (TPSA) is 52.0 Å². The van der Waals surface area contributed by atoms with E-state index < -0.39 is 5.54 Å². The minimum absolute atomic E-state index is 0.291. The van der Waals surface area contributed by atoms with Gasteiger partial charge >= 0.3 is 0 Å². The second-order valence-corrected chi connectivity index (χ2v) is 6.05. The van der Waals surface area contributed by atoms with Crippen LogP contribution in [-0.2, 0) is 5.54 Å². The Morgan fingerprint density at radius 3 is 2.75 bits per heavy atom. The van der Waals surface area contributed by atoms with Crippen molar-refractivity contribution in [1.82, 2.24) is 14.8 Å². The fraction of sp³-hybridized carbons (Fsp3) is 0.385. The molecule has 1 N–H and O–H groups in total. The quantitative estimate of drug-likeness (QED) is 0.866. The highest BCUT2D eigenvalue weighted by molar-refractivity contribution is 9.10. The van der Waals surface area contributed by atoms with Crippen LogP contribution in [0, 0.1) is 12.7 Å². The van der Waals surface area contributed by atoms with Gasteiger partial charge in [-0.1, -0.05) is 0 Å². The van der Waals surface area contributed by atoms with Crippen LogP contribution in [0.4, 0.5) is 10.1 Å². The van der Waals surface area contributed by atoms with Gasteiger partial charge in [0.05, 0.1) is 22.8 Å². The lowest BCUT2D eigenvalue weighted by atomic mass is 9.99. The van der Waals surface area contributed by atoms with Gasteiger partial charge in [-0.05, 0) is 36.7 Å². The van der Waals surface area contributed by atoms with Crippen LogP contribution in [0.5, 0.6) is 5.75 Å². The molecule has 3 rings (SSSR count). The number of halogens is 2. The number of benzene rings is 1. The maximum absolute atomic E-state index is 14.0. The van der Waals surface area contributed by atoms with E-state index in [1.165, 1.54) is 13.2 Å². The number of hydrogen-bond acceptors (Lipinski definition) is 4. The first-order valence-corrected chi connectivity index (χ1v) is 6.93. The summed E-state index contributed by atoms with van der Waals surface area (Å²) in [6, 6.07) is 1.45. The molecule has 0 bridgehead atoms. The van der Waals surface area contributed by atoms with Gasteiger partial charge in [0.25, 0.3) is 0 Å². The Hall–Kier alpha value is -1.63. The van der Waals surface area contributed by atoms with E-state index in [1.54, 1.807) is 0 Å². The molecule has 0 aliphatic carbocycles. The minimum Gasteiger partial charge on any atom is -0.493 e. The standard InChI is InChI=1S/C13H14BrFN4O/c1-6-17-18-12-13(2,3)16-8-5-7(15)9(14)11(20-4)10(8)19(6)12/h5,16H,1-4H3. The van der Waals surface area contributed by atoms with Crippen molar-refractivity contribution >= 4 is 21.6 Å². The number of ether oxygens (including phenoxy) is 1. The van der Waals surface area contributed by atoms with Crippen molar-refractivity contribution in [3.05, 3.63) is 28.0 Å². The minimum atomic E-state index is -0.445. The van der Waals surface area contributed by atoms with Gasteiger partial charge in [0.2, 0.25) is 0 Å². The molecule has 0 amide bonds. The van der Waals surface area contributed by atoms with Crippen molar-refractivity contribution in [2.45, 2.75) is 26.3 Å². The summed E-state index contributed by atoms with van der Waals surface area (Å²) in [6.07, 6.45) is 0. The molecule has 106 valence electrons. The number of nitrogens with one attached hydrogen (secondary N) is 1. The van der Waals surface area contributed by atoms with Crippen molar-refractivity contribution in [2.24, 2.45) is 0 Å². The van der Waals surface area contributed by atoms with E-state index in [0.29, 0.717) is 15.9 Å². The van der Waals surface area contributed by atoms with Gasteiger partial charge in [-0.3, -0.25) is 4.57 Å². The highest BCUT2D eigenvalue weighted by Crippen LogP contribution is 2.45. The second kappa shape index (κ2) is 4.18. The number of rotatable bonds is 1. The maximum Gasteiger partial charge on any atom is 0.162 e. The molecule has 2 heterocycles. The van der Waals surface area contributed by atoms with Gasteiger partial charge in [0.15, 0.2) is 11.6 Å². The van der Waals surface area contributed by atoms with Crippen LogP contribution >= 0.6 is 15.9 Å². The zero-order valence-corrected chi connectivity index (χ0v) is 13.2. The molecule has 0 spiro atoms. The van der Waals surface area contributed by atoms with E-state index >= 15 is 0 Å². The maximum atomic E-state index is 14.0. The van der Waals surface area contributed by atoms with Crippen molar-refractivity contribution in [3.63, 3.8) is 0 Å². The van der Waals surface area contributed by atoms with E-state index in [9.17, 15) is 4.39 Å². The van der Waals surface area contributed by atoms with E-state index in [4.69, 9.17) is 4.74 Å². The molecule has 0 atom stereocenters. The second-order valence-electron chi connectivity index (χ2n) is 5.26. The number of anilines is 1. The summed E-state index contributed by atoms with van der Waals surface area (Å²) >= 11 is 3.23. The summed E-state index contributed by atoms with van der Waals surface area (Å²) in [6.45, 7) is 5.81. The molecule has 0 saturated carbocycles. The molecule has 1 aliphatic heterocycles. The Bertz CT molecular complexity index is 711. The first kappa shape index (κ1) is 13.4. The lowest BCUT2D eigenvalue weighted by Crippen LogP contribution is -2.36. The Morgan fingerprint density at radius 1 is 1.40 bits per heavy atom. The molecule has 0 radical (unpaired) electrons. The van der Waals surface area contributed by atoms with Crippen LogP contribution < -0.4 is 10.1 Å². The highest BCUT2D eigenvalue weighted by Gasteiger charge is 2.36. The molecule has 1 aliphatic rings. The molecule has 5 nitrogen and oxygen atoms in total. The highest BCUT2D eigenvalue weighted by atomic mass is 79.9. The third kappa shape index (κ3) is 1.65. The summed E-state index contributed by atoms with van der Waals surface area (Å²) in [5.41, 5.74) is 0.931. The molecule has 2 aromatic rings. The lowest BCUT2D eigenvalue weighted by Gasteiger charge is -2.34. The van der Waals surface area contributed by atoms with Gasteiger partial charge in [0.1, 0.15) is 17.3 Å². The predicted octanol–water partition coefficient (Wildman–Crippen LogP) is 3.15. The van der Waals surface area contributed by atoms with E-state index in [-0.39, 0.29) is 5.82 Å². The molecule has 0 unspecified atom stereocenters. The molecule has 0 fully saturated rings. The van der Waals surface area contributed by atoms with E-state index in [1.807, 2.05) is 25.3 Å². The Balaban J connectivity index is 2.42. The first-order chi connectivity index (χ1) is 9.36. The smallest absolute Gasteiger partial charge is 0.162 e. The Kier molecular flexibility index (Phi) is 2.79. The van der Waals surface area contributed by atoms with Crippen LogP contribution in [0.1, 0.15) is 25.5 Å². The predicted molar refractivity (Wildman–Crippen MR) is 77.0 cm³/mol. The number of nitrogens with zero attached hydrogens (tertiary/aromatic N) is 3. The lowest BCUT2D eigenvalue weighted by molar-refractivity contribution is 0.402.